The van der Waals surface area contributed by atoms with Gasteiger partial charge in [-0.2, -0.15) is 0 Å². The number of hydrogen-bond donors (Lipinski definition) is 2. The van der Waals surface area contributed by atoms with Gasteiger partial charge in [0, 0.05) is 25.7 Å². The molecule has 1 unspecified atom stereocenters. The Balaban J connectivity index is 1.70. The van der Waals surface area contributed by atoms with E-state index in [0.29, 0.717) is 19.6 Å². The predicted molar refractivity (Wildman–Crippen MR) is 95.5 cm³/mol. The molecule has 0 spiro atoms. The van der Waals surface area contributed by atoms with Crippen molar-refractivity contribution >= 4 is 6.03 Å². The fourth-order valence-corrected chi connectivity index (χ4v) is 3.29. The van der Waals surface area contributed by atoms with Gasteiger partial charge in [0.25, 0.3) is 0 Å². The maximum atomic E-state index is 12.3. The molecule has 1 saturated heterocycles. The van der Waals surface area contributed by atoms with Crippen molar-refractivity contribution in [2.24, 2.45) is 0 Å². The first kappa shape index (κ1) is 18.6. The number of benzene rings is 1. The van der Waals surface area contributed by atoms with Crippen LogP contribution in [0.5, 0.6) is 5.75 Å². The van der Waals surface area contributed by atoms with E-state index < -0.39 is 0 Å². The SMILES string of the molecule is Cc1cccc(C)c1OCCCNC(=O)N1CCCCC1CCO. The third-order valence-corrected chi connectivity index (χ3v) is 4.60. The number of piperidine rings is 1. The first-order chi connectivity index (χ1) is 11.6. The van der Waals surface area contributed by atoms with Gasteiger partial charge < -0.3 is 20.1 Å². The Kier molecular flexibility index (Phi) is 7.37. The Morgan fingerprint density at radius 2 is 2.08 bits per heavy atom. The molecule has 5 nitrogen and oxygen atoms in total. The summed E-state index contributed by atoms with van der Waals surface area (Å²) in [6.07, 6.45) is 4.62. The quantitative estimate of drug-likeness (QED) is 0.754. The van der Waals surface area contributed by atoms with Crippen LogP contribution >= 0.6 is 0 Å². The molecule has 1 atom stereocenters. The van der Waals surface area contributed by atoms with E-state index in [1.807, 2.05) is 36.9 Å². The van der Waals surface area contributed by atoms with E-state index in [1.165, 1.54) is 0 Å². The Hall–Kier alpha value is -1.75. The highest BCUT2D eigenvalue weighted by Crippen LogP contribution is 2.22. The van der Waals surface area contributed by atoms with Crippen molar-refractivity contribution in [3.05, 3.63) is 29.3 Å². The van der Waals surface area contributed by atoms with Gasteiger partial charge in [-0.3, -0.25) is 0 Å². The number of hydrogen-bond acceptors (Lipinski definition) is 3. The number of para-hydroxylation sites is 1. The minimum atomic E-state index is -0.0137. The number of amides is 2. The summed E-state index contributed by atoms with van der Waals surface area (Å²) >= 11 is 0. The molecule has 0 bridgehead atoms. The number of aliphatic hydroxyl groups excluding tert-OH is 1. The fourth-order valence-electron chi connectivity index (χ4n) is 3.29. The van der Waals surface area contributed by atoms with Gasteiger partial charge in [0.1, 0.15) is 5.75 Å². The minimum Gasteiger partial charge on any atom is -0.493 e. The zero-order valence-corrected chi connectivity index (χ0v) is 14.9. The summed E-state index contributed by atoms with van der Waals surface area (Å²) in [4.78, 5) is 14.2. The number of rotatable bonds is 7. The summed E-state index contributed by atoms with van der Waals surface area (Å²) in [5, 5.41) is 12.1. The third kappa shape index (κ3) is 5.13. The summed E-state index contributed by atoms with van der Waals surface area (Å²) in [5.41, 5.74) is 2.28. The highest BCUT2D eigenvalue weighted by Gasteiger charge is 2.25. The number of nitrogens with zero attached hydrogens (tertiary/aromatic N) is 1. The Morgan fingerprint density at radius 1 is 1.33 bits per heavy atom. The lowest BCUT2D eigenvalue weighted by Gasteiger charge is -2.35. The second kappa shape index (κ2) is 9.52. The van der Waals surface area contributed by atoms with Crippen molar-refractivity contribution in [2.45, 2.75) is 52.0 Å². The fraction of sp³-hybridized carbons (Fsp3) is 0.632. The van der Waals surface area contributed by atoms with Gasteiger partial charge in [0.15, 0.2) is 0 Å². The van der Waals surface area contributed by atoms with Crippen molar-refractivity contribution in [1.82, 2.24) is 10.2 Å². The summed E-state index contributed by atoms with van der Waals surface area (Å²) in [6, 6.07) is 6.28. The lowest BCUT2D eigenvalue weighted by Crippen LogP contribution is -2.49. The Morgan fingerprint density at radius 3 is 2.79 bits per heavy atom. The maximum absolute atomic E-state index is 12.3. The van der Waals surface area contributed by atoms with Crippen LogP contribution < -0.4 is 10.1 Å². The molecule has 24 heavy (non-hydrogen) atoms. The Labute approximate surface area is 145 Å². The second-order valence-electron chi connectivity index (χ2n) is 6.51. The predicted octanol–water partition coefficient (Wildman–Crippen LogP) is 3.02. The molecule has 0 aliphatic carbocycles. The van der Waals surface area contributed by atoms with Crippen molar-refractivity contribution in [2.75, 3.05) is 26.3 Å². The highest BCUT2D eigenvalue weighted by molar-refractivity contribution is 5.74. The van der Waals surface area contributed by atoms with Crippen molar-refractivity contribution in [3.63, 3.8) is 0 Å². The smallest absolute Gasteiger partial charge is 0.317 e. The molecule has 1 fully saturated rings. The van der Waals surface area contributed by atoms with Crippen molar-refractivity contribution in [1.29, 1.82) is 0 Å². The van der Waals surface area contributed by atoms with Gasteiger partial charge in [-0.1, -0.05) is 18.2 Å². The average molecular weight is 334 g/mol. The minimum absolute atomic E-state index is 0.0137. The topological polar surface area (TPSA) is 61.8 Å². The van der Waals surface area contributed by atoms with E-state index in [4.69, 9.17) is 9.84 Å². The number of ether oxygens (including phenoxy) is 1. The number of carbonyl (C=O) groups excluding carboxylic acids is 1. The van der Waals surface area contributed by atoms with Crippen LogP contribution in [-0.2, 0) is 0 Å². The molecule has 0 radical (unpaired) electrons. The number of aliphatic hydroxyl groups is 1. The van der Waals surface area contributed by atoms with Crippen LogP contribution in [0.25, 0.3) is 0 Å². The summed E-state index contributed by atoms with van der Waals surface area (Å²) < 4.78 is 5.86. The van der Waals surface area contributed by atoms with Gasteiger partial charge in [0.2, 0.25) is 0 Å². The lowest BCUT2D eigenvalue weighted by molar-refractivity contribution is 0.131. The van der Waals surface area contributed by atoms with Gasteiger partial charge in [-0.15, -0.1) is 0 Å². The number of nitrogens with one attached hydrogen (secondary N) is 1. The van der Waals surface area contributed by atoms with Crippen LogP contribution in [-0.4, -0.2) is 48.4 Å². The number of urea groups is 1. The van der Waals surface area contributed by atoms with E-state index in [9.17, 15) is 4.79 Å². The molecule has 0 saturated carbocycles. The van der Waals surface area contributed by atoms with Crippen LogP contribution in [0.1, 0.15) is 43.2 Å². The van der Waals surface area contributed by atoms with Crippen LogP contribution in [0, 0.1) is 13.8 Å². The maximum Gasteiger partial charge on any atom is 0.317 e. The van der Waals surface area contributed by atoms with E-state index in [0.717, 1.165) is 49.1 Å². The molecule has 2 amide bonds. The van der Waals surface area contributed by atoms with E-state index in [-0.39, 0.29) is 18.7 Å². The molecule has 1 heterocycles. The molecule has 0 aromatic heterocycles. The van der Waals surface area contributed by atoms with Gasteiger partial charge >= 0.3 is 6.03 Å². The van der Waals surface area contributed by atoms with Crippen LogP contribution in [0.2, 0.25) is 0 Å². The zero-order valence-electron chi connectivity index (χ0n) is 14.9. The molecule has 2 rings (SSSR count). The zero-order chi connectivity index (χ0) is 17.4. The monoisotopic (exact) mass is 334 g/mol. The second-order valence-corrected chi connectivity index (χ2v) is 6.51. The van der Waals surface area contributed by atoms with Crippen LogP contribution in [0.3, 0.4) is 0 Å². The molecule has 1 aliphatic heterocycles. The van der Waals surface area contributed by atoms with Gasteiger partial charge in [-0.05, 0) is 57.1 Å². The Bertz CT molecular complexity index is 511. The van der Waals surface area contributed by atoms with E-state index in [1.54, 1.807) is 0 Å². The van der Waals surface area contributed by atoms with E-state index >= 15 is 0 Å². The van der Waals surface area contributed by atoms with Gasteiger partial charge in [0.05, 0.1) is 6.61 Å². The van der Waals surface area contributed by atoms with Crippen molar-refractivity contribution in [3.8, 4) is 5.75 Å². The van der Waals surface area contributed by atoms with Crippen LogP contribution in [0.15, 0.2) is 18.2 Å². The first-order valence-corrected chi connectivity index (χ1v) is 8.98. The molecular weight excluding hydrogens is 304 g/mol. The van der Waals surface area contributed by atoms with Crippen LogP contribution in [0.4, 0.5) is 4.79 Å². The third-order valence-electron chi connectivity index (χ3n) is 4.60. The molecule has 1 aromatic carbocycles. The number of aryl methyl sites for hydroxylation is 2. The normalized spacial score (nSPS) is 17.6. The molecule has 5 heteroatoms. The first-order valence-electron chi connectivity index (χ1n) is 8.98. The average Bonchev–Trinajstić information content (AvgIpc) is 2.57. The highest BCUT2D eigenvalue weighted by atomic mass is 16.5. The standard InChI is InChI=1S/C19H30N2O3/c1-15-7-5-8-16(2)18(15)24-14-6-11-20-19(23)21-12-4-3-9-17(21)10-13-22/h5,7-8,17,22H,3-4,6,9-14H2,1-2H3,(H,20,23). The lowest BCUT2D eigenvalue weighted by atomic mass is 10.0. The molecule has 2 N–H and O–H groups in total. The number of likely N-dealkylation sites (tertiary alicyclic amines) is 1. The molecule has 1 aromatic rings. The molecular formula is C19H30N2O3. The largest absolute Gasteiger partial charge is 0.493 e. The molecule has 1 aliphatic rings. The van der Waals surface area contributed by atoms with Gasteiger partial charge in [-0.25, -0.2) is 4.79 Å². The summed E-state index contributed by atoms with van der Waals surface area (Å²) in [7, 11) is 0. The summed E-state index contributed by atoms with van der Waals surface area (Å²) in [5.74, 6) is 0.947. The molecule has 134 valence electrons. The van der Waals surface area contributed by atoms with Crippen molar-refractivity contribution < 1.29 is 14.6 Å². The number of carbonyl (C=O) groups is 1. The van der Waals surface area contributed by atoms with E-state index in [2.05, 4.69) is 5.32 Å². The summed E-state index contributed by atoms with van der Waals surface area (Å²) in [6.45, 7) is 6.20.